The van der Waals surface area contributed by atoms with Gasteiger partial charge in [0, 0.05) is 25.2 Å². The molecule has 0 aromatic carbocycles. The molecule has 0 bridgehead atoms. The molecular formula is C13H20F3N5. The number of halogens is 3. The Hall–Kier alpha value is -1.57. The van der Waals surface area contributed by atoms with Crippen LogP contribution in [0.2, 0.25) is 0 Å². The lowest BCUT2D eigenvalue weighted by Crippen LogP contribution is -2.25. The second-order valence-electron chi connectivity index (χ2n) is 5.28. The van der Waals surface area contributed by atoms with Crippen molar-refractivity contribution in [2.45, 2.75) is 32.0 Å². The smallest absolute Gasteiger partial charge is 0.366 e. The van der Waals surface area contributed by atoms with Crippen LogP contribution in [0.3, 0.4) is 0 Å². The van der Waals surface area contributed by atoms with Gasteiger partial charge in [-0.3, -0.25) is 0 Å². The zero-order valence-electron chi connectivity index (χ0n) is 12.2. The van der Waals surface area contributed by atoms with Crippen LogP contribution in [0.1, 0.15) is 25.5 Å². The van der Waals surface area contributed by atoms with Crippen molar-refractivity contribution in [1.82, 2.24) is 14.9 Å². The van der Waals surface area contributed by atoms with Crippen molar-refractivity contribution in [1.29, 1.82) is 0 Å². The minimum absolute atomic E-state index is 0.0144. The van der Waals surface area contributed by atoms with Crippen molar-refractivity contribution in [3.63, 3.8) is 0 Å². The summed E-state index contributed by atoms with van der Waals surface area (Å²) < 4.78 is 38.7. The van der Waals surface area contributed by atoms with Crippen molar-refractivity contribution >= 4 is 11.8 Å². The van der Waals surface area contributed by atoms with Crippen LogP contribution in [0.25, 0.3) is 0 Å². The molecule has 0 amide bonds. The molecule has 1 aromatic rings. The summed E-state index contributed by atoms with van der Waals surface area (Å²) in [5, 5.41) is 5.88. The van der Waals surface area contributed by atoms with Gasteiger partial charge in [0.05, 0.1) is 0 Å². The first kappa shape index (κ1) is 15.8. The van der Waals surface area contributed by atoms with E-state index in [1.807, 2.05) is 14.0 Å². The number of nitrogens with one attached hydrogen (secondary N) is 2. The van der Waals surface area contributed by atoms with Gasteiger partial charge in [-0.2, -0.15) is 18.2 Å². The third kappa shape index (κ3) is 4.45. The van der Waals surface area contributed by atoms with Gasteiger partial charge in [-0.25, -0.2) is 4.98 Å². The molecule has 0 radical (unpaired) electrons. The third-order valence-electron chi connectivity index (χ3n) is 3.29. The molecule has 2 heterocycles. The van der Waals surface area contributed by atoms with Crippen molar-refractivity contribution in [3.8, 4) is 0 Å². The molecule has 1 unspecified atom stereocenters. The van der Waals surface area contributed by atoms with Crippen LogP contribution in [0.5, 0.6) is 0 Å². The molecule has 0 aliphatic carbocycles. The van der Waals surface area contributed by atoms with Crippen LogP contribution in [0.15, 0.2) is 6.07 Å². The van der Waals surface area contributed by atoms with E-state index in [0.29, 0.717) is 6.54 Å². The summed E-state index contributed by atoms with van der Waals surface area (Å²) in [6, 6.07) is 1.08. The lowest BCUT2D eigenvalue weighted by molar-refractivity contribution is -0.141. The number of likely N-dealkylation sites (N-methyl/N-ethyl adjacent to an activating group) is 1. The van der Waals surface area contributed by atoms with Crippen LogP contribution in [-0.2, 0) is 6.18 Å². The Morgan fingerprint density at radius 3 is 2.71 bits per heavy atom. The Labute approximate surface area is 122 Å². The summed E-state index contributed by atoms with van der Waals surface area (Å²) in [5.41, 5.74) is -0.926. The van der Waals surface area contributed by atoms with Gasteiger partial charge in [0.1, 0.15) is 5.82 Å². The highest BCUT2D eigenvalue weighted by molar-refractivity contribution is 5.44. The molecule has 118 valence electrons. The largest absolute Gasteiger partial charge is 0.433 e. The lowest BCUT2D eigenvalue weighted by atomic mass is 10.2. The standard InChI is InChI=1S/C13H20F3N5/c1-3-5-17-12-19-10(13(14,15)16)7-11(20-12)18-9-4-6-21(2)8-9/h7,9H,3-6,8H2,1-2H3,(H2,17,18,19,20). The van der Waals surface area contributed by atoms with Crippen LogP contribution < -0.4 is 10.6 Å². The number of rotatable bonds is 5. The first-order chi connectivity index (χ1) is 9.88. The molecule has 0 saturated carbocycles. The topological polar surface area (TPSA) is 53.1 Å². The van der Waals surface area contributed by atoms with Gasteiger partial charge in [0.25, 0.3) is 0 Å². The first-order valence-corrected chi connectivity index (χ1v) is 7.03. The normalized spacial score (nSPS) is 19.8. The fourth-order valence-corrected chi connectivity index (χ4v) is 2.24. The molecule has 2 rings (SSSR count). The maximum atomic E-state index is 12.9. The zero-order chi connectivity index (χ0) is 15.5. The summed E-state index contributed by atoms with van der Waals surface area (Å²) in [6.45, 7) is 4.18. The third-order valence-corrected chi connectivity index (χ3v) is 3.29. The van der Waals surface area contributed by atoms with Crippen molar-refractivity contribution < 1.29 is 13.2 Å². The predicted molar refractivity (Wildman–Crippen MR) is 75.3 cm³/mol. The molecule has 1 aliphatic rings. The molecule has 2 N–H and O–H groups in total. The van der Waals surface area contributed by atoms with E-state index in [1.54, 1.807) is 0 Å². The minimum Gasteiger partial charge on any atom is -0.366 e. The number of aromatic nitrogens is 2. The Kier molecular flexibility index (Phi) is 4.87. The Morgan fingerprint density at radius 2 is 2.14 bits per heavy atom. The summed E-state index contributed by atoms with van der Waals surface area (Å²) >= 11 is 0. The molecule has 1 atom stereocenters. The molecule has 1 saturated heterocycles. The highest BCUT2D eigenvalue weighted by Crippen LogP contribution is 2.30. The average molecular weight is 303 g/mol. The zero-order valence-corrected chi connectivity index (χ0v) is 12.2. The highest BCUT2D eigenvalue weighted by Gasteiger charge is 2.34. The van der Waals surface area contributed by atoms with Gasteiger partial charge in [0.15, 0.2) is 5.69 Å². The molecular weight excluding hydrogens is 283 g/mol. The van der Waals surface area contributed by atoms with Crippen molar-refractivity contribution in [2.75, 3.05) is 37.3 Å². The van der Waals surface area contributed by atoms with Gasteiger partial charge in [0.2, 0.25) is 5.95 Å². The van der Waals surface area contributed by atoms with E-state index in [-0.39, 0.29) is 17.8 Å². The number of nitrogens with zero attached hydrogens (tertiary/aromatic N) is 3. The van der Waals surface area contributed by atoms with E-state index in [1.165, 1.54) is 0 Å². The first-order valence-electron chi connectivity index (χ1n) is 7.03. The van der Waals surface area contributed by atoms with E-state index in [0.717, 1.165) is 32.0 Å². The van der Waals surface area contributed by atoms with E-state index in [9.17, 15) is 13.2 Å². The number of anilines is 2. The van der Waals surface area contributed by atoms with Gasteiger partial charge < -0.3 is 15.5 Å². The van der Waals surface area contributed by atoms with Gasteiger partial charge in [-0.05, 0) is 26.4 Å². The van der Waals surface area contributed by atoms with E-state index in [4.69, 9.17) is 0 Å². The molecule has 8 heteroatoms. The molecule has 0 spiro atoms. The predicted octanol–water partition coefficient (Wildman–Crippen LogP) is 2.43. The second kappa shape index (κ2) is 6.46. The van der Waals surface area contributed by atoms with Gasteiger partial charge in [-0.1, -0.05) is 6.92 Å². The number of likely N-dealkylation sites (tertiary alicyclic amines) is 1. The Balaban J connectivity index is 2.18. The van der Waals surface area contributed by atoms with Gasteiger partial charge >= 0.3 is 6.18 Å². The highest BCUT2D eigenvalue weighted by atomic mass is 19.4. The minimum atomic E-state index is -4.48. The Bertz CT molecular complexity index is 477. The van der Waals surface area contributed by atoms with E-state index in [2.05, 4.69) is 25.5 Å². The molecule has 1 fully saturated rings. The molecule has 1 aromatic heterocycles. The second-order valence-corrected chi connectivity index (χ2v) is 5.28. The SMILES string of the molecule is CCCNc1nc(NC2CCN(C)C2)cc(C(F)(F)F)n1. The van der Waals surface area contributed by atoms with Crippen LogP contribution >= 0.6 is 0 Å². The summed E-state index contributed by atoms with van der Waals surface area (Å²) in [6.07, 6.45) is -2.80. The van der Waals surface area contributed by atoms with Crippen LogP contribution in [-0.4, -0.2) is 47.6 Å². The maximum absolute atomic E-state index is 12.9. The summed E-state index contributed by atoms with van der Waals surface area (Å²) in [7, 11) is 1.98. The quantitative estimate of drug-likeness (QED) is 0.875. The van der Waals surface area contributed by atoms with Crippen molar-refractivity contribution in [2.24, 2.45) is 0 Å². The van der Waals surface area contributed by atoms with Crippen molar-refractivity contribution in [3.05, 3.63) is 11.8 Å². The fraction of sp³-hybridized carbons (Fsp3) is 0.692. The van der Waals surface area contributed by atoms with E-state index >= 15 is 0 Å². The average Bonchev–Trinajstić information content (AvgIpc) is 2.80. The fourth-order valence-electron chi connectivity index (χ4n) is 2.24. The van der Waals surface area contributed by atoms with Crippen LogP contribution in [0, 0.1) is 0 Å². The number of alkyl halides is 3. The van der Waals surface area contributed by atoms with E-state index < -0.39 is 11.9 Å². The van der Waals surface area contributed by atoms with Gasteiger partial charge in [-0.15, -0.1) is 0 Å². The summed E-state index contributed by atoms with van der Waals surface area (Å²) in [5.74, 6) is 0.233. The summed E-state index contributed by atoms with van der Waals surface area (Å²) in [4.78, 5) is 9.78. The molecule has 5 nitrogen and oxygen atoms in total. The lowest BCUT2D eigenvalue weighted by Gasteiger charge is -2.16. The number of hydrogen-bond acceptors (Lipinski definition) is 5. The molecule has 21 heavy (non-hydrogen) atoms. The van der Waals surface area contributed by atoms with Crippen LogP contribution in [0.4, 0.5) is 24.9 Å². The molecule has 1 aliphatic heterocycles. The Morgan fingerprint density at radius 1 is 1.38 bits per heavy atom. The maximum Gasteiger partial charge on any atom is 0.433 e. The monoisotopic (exact) mass is 303 g/mol. The number of hydrogen-bond donors (Lipinski definition) is 2.